The van der Waals surface area contributed by atoms with Gasteiger partial charge in [0, 0.05) is 0 Å². The van der Waals surface area contributed by atoms with Crippen molar-refractivity contribution >= 4 is 35.5 Å². The van der Waals surface area contributed by atoms with Crippen LogP contribution in [0.25, 0.3) is 10.8 Å². The molecule has 2 aromatic carbocycles. The van der Waals surface area contributed by atoms with Gasteiger partial charge in [0.2, 0.25) is 0 Å². The van der Waals surface area contributed by atoms with E-state index < -0.39 is 0 Å². The van der Waals surface area contributed by atoms with Gasteiger partial charge in [-0.3, -0.25) is 19.4 Å². The third-order valence-corrected chi connectivity index (χ3v) is 3.97. The number of hydrogen-bond acceptors (Lipinski definition) is 4. The molecular weight excluding hydrogens is 254 g/mol. The molecule has 2 aliphatic rings. The van der Waals surface area contributed by atoms with Crippen LogP contribution in [-0.2, 0) is 19.4 Å². The molecule has 0 bridgehead atoms. The smallest absolute Gasteiger partial charge is 0.298 e. The van der Waals surface area contributed by atoms with Crippen molar-refractivity contribution in [1.29, 1.82) is 0 Å². The number of benzene rings is 2. The van der Waals surface area contributed by atoms with Crippen molar-refractivity contribution < 1.29 is 19.4 Å². The lowest BCUT2D eigenvalue weighted by molar-refractivity contribution is -0.184. The molecule has 0 aromatic heterocycles. The number of rotatable bonds is 2. The third-order valence-electron chi connectivity index (χ3n) is 3.97. The molecule has 0 atom stereocenters. The highest BCUT2D eigenvalue weighted by Crippen LogP contribution is 2.17. The lowest BCUT2D eigenvalue weighted by atomic mass is 9.47. The Hall–Kier alpha value is -1.33. The van der Waals surface area contributed by atoms with Crippen LogP contribution in [0.5, 0.6) is 0 Å². The van der Waals surface area contributed by atoms with Crippen LogP contribution in [-0.4, -0.2) is 27.0 Å². The topological polar surface area (TPSA) is 36.9 Å². The van der Waals surface area contributed by atoms with E-state index in [-0.39, 0.29) is 13.8 Å². The van der Waals surface area contributed by atoms with Crippen molar-refractivity contribution in [2.45, 2.75) is 12.6 Å². The minimum atomic E-state index is -0.0275. The Balaban J connectivity index is 1.90. The molecule has 0 unspecified atom stereocenters. The highest BCUT2D eigenvalue weighted by atomic mass is 17.2. The van der Waals surface area contributed by atoms with Crippen LogP contribution in [0.15, 0.2) is 36.4 Å². The zero-order valence-corrected chi connectivity index (χ0v) is 11.1. The second kappa shape index (κ2) is 5.22. The molecule has 2 heterocycles. The normalized spacial score (nSPS) is 19.2. The van der Waals surface area contributed by atoms with Gasteiger partial charge in [0.1, 0.15) is 0 Å². The fraction of sp³-hybridized carbons (Fsp3) is 0.286. The summed E-state index contributed by atoms with van der Waals surface area (Å²) < 4.78 is 0. The number of fused-ring (bicyclic) bond motifs is 1. The summed E-state index contributed by atoms with van der Waals surface area (Å²) in [5, 5.41) is 2.41. The molecule has 0 aliphatic carbocycles. The molecule has 0 N–H and O–H groups in total. The van der Waals surface area contributed by atoms with E-state index in [1.807, 2.05) is 6.07 Å². The zero-order valence-electron chi connectivity index (χ0n) is 11.1. The molecule has 0 radical (unpaired) electrons. The monoisotopic (exact) mass is 268 g/mol. The van der Waals surface area contributed by atoms with Gasteiger partial charge in [-0.15, -0.1) is 0 Å². The Labute approximate surface area is 118 Å². The van der Waals surface area contributed by atoms with Gasteiger partial charge >= 0.3 is 13.8 Å². The second-order valence-corrected chi connectivity index (χ2v) is 5.18. The summed E-state index contributed by atoms with van der Waals surface area (Å²) in [6, 6.07) is 12.6. The van der Waals surface area contributed by atoms with Crippen LogP contribution in [0.4, 0.5) is 0 Å². The van der Waals surface area contributed by atoms with Crippen LogP contribution < -0.4 is 10.9 Å². The summed E-state index contributed by atoms with van der Waals surface area (Å²) in [4.78, 5) is 21.0. The summed E-state index contributed by atoms with van der Waals surface area (Å²) in [6.07, 6.45) is 1.74. The Morgan fingerprint density at radius 3 is 2.30 bits per heavy atom. The Bertz CT molecular complexity index is 622. The molecule has 2 fully saturated rings. The average Bonchev–Trinajstić information content (AvgIpc) is 3.19. The molecule has 2 aromatic rings. The molecule has 6 heteroatoms. The lowest BCUT2D eigenvalue weighted by Crippen LogP contribution is -2.49. The van der Waals surface area contributed by atoms with Crippen molar-refractivity contribution in [3.8, 4) is 0 Å². The van der Waals surface area contributed by atoms with E-state index in [9.17, 15) is 0 Å². The standard InChI is InChI=1S/C14H14B2O4/c1-2-4-12-11(3-1)5-6-13(15-7-9-17-19-15)14(12)16-8-10-18-20-16/h1-6H,7-10H2. The Morgan fingerprint density at radius 2 is 1.55 bits per heavy atom. The van der Waals surface area contributed by atoms with Crippen LogP contribution in [0, 0.1) is 0 Å². The van der Waals surface area contributed by atoms with E-state index in [0.717, 1.165) is 18.1 Å². The molecule has 100 valence electrons. The summed E-state index contributed by atoms with van der Waals surface area (Å²) in [5.74, 6) is 0. The highest BCUT2D eigenvalue weighted by Gasteiger charge is 2.35. The molecular formula is C14H14B2O4. The summed E-state index contributed by atoms with van der Waals surface area (Å²) >= 11 is 0. The lowest BCUT2D eigenvalue weighted by Gasteiger charge is -2.16. The van der Waals surface area contributed by atoms with Gasteiger partial charge in [-0.25, -0.2) is 0 Å². The van der Waals surface area contributed by atoms with Gasteiger partial charge in [-0.2, -0.15) is 0 Å². The van der Waals surface area contributed by atoms with E-state index >= 15 is 0 Å². The molecule has 4 rings (SSSR count). The first kappa shape index (κ1) is 12.4. The molecule has 4 nitrogen and oxygen atoms in total. The first-order chi connectivity index (χ1) is 9.93. The van der Waals surface area contributed by atoms with Gasteiger partial charge in [0.05, 0.1) is 13.2 Å². The van der Waals surface area contributed by atoms with Crippen LogP contribution in [0.3, 0.4) is 0 Å². The predicted octanol–water partition coefficient (Wildman–Crippen LogP) is 1.16. The van der Waals surface area contributed by atoms with Gasteiger partial charge < -0.3 is 0 Å². The molecule has 2 saturated heterocycles. The highest BCUT2D eigenvalue weighted by molar-refractivity contribution is 6.81. The van der Waals surface area contributed by atoms with Crippen LogP contribution in [0.2, 0.25) is 12.6 Å². The van der Waals surface area contributed by atoms with Crippen molar-refractivity contribution in [3.63, 3.8) is 0 Å². The van der Waals surface area contributed by atoms with Crippen molar-refractivity contribution in [2.75, 3.05) is 13.2 Å². The van der Waals surface area contributed by atoms with E-state index in [0.29, 0.717) is 13.2 Å². The van der Waals surface area contributed by atoms with Gasteiger partial charge in [-0.1, -0.05) is 36.4 Å². The zero-order chi connectivity index (χ0) is 13.4. The maximum Gasteiger partial charge on any atom is 0.375 e. The summed E-state index contributed by atoms with van der Waals surface area (Å²) in [6.45, 7) is 1.23. The predicted molar refractivity (Wildman–Crippen MR) is 78.4 cm³/mol. The van der Waals surface area contributed by atoms with Crippen molar-refractivity contribution in [3.05, 3.63) is 36.4 Å². The Morgan fingerprint density at radius 1 is 0.800 bits per heavy atom. The second-order valence-electron chi connectivity index (χ2n) is 5.18. The molecule has 0 spiro atoms. The SMILES string of the molecule is c1ccc2c(B3CCOO3)c(B3CCOO3)ccc2c1. The van der Waals surface area contributed by atoms with Gasteiger partial charge in [0.25, 0.3) is 0 Å². The molecule has 0 amide bonds. The first-order valence-corrected chi connectivity index (χ1v) is 7.01. The summed E-state index contributed by atoms with van der Waals surface area (Å²) in [5.41, 5.74) is 2.33. The average molecular weight is 268 g/mol. The van der Waals surface area contributed by atoms with Gasteiger partial charge in [0.15, 0.2) is 0 Å². The summed E-state index contributed by atoms with van der Waals surface area (Å²) in [7, 11) is 0. The third kappa shape index (κ3) is 2.05. The largest absolute Gasteiger partial charge is 0.375 e. The minimum Gasteiger partial charge on any atom is -0.298 e. The van der Waals surface area contributed by atoms with Crippen molar-refractivity contribution in [2.24, 2.45) is 0 Å². The fourth-order valence-electron chi connectivity index (χ4n) is 3.02. The van der Waals surface area contributed by atoms with Crippen LogP contribution >= 0.6 is 0 Å². The Kier molecular flexibility index (Phi) is 3.24. The number of hydrogen-bond donors (Lipinski definition) is 0. The van der Waals surface area contributed by atoms with E-state index in [1.54, 1.807) is 0 Å². The van der Waals surface area contributed by atoms with E-state index in [2.05, 4.69) is 30.3 Å². The molecule has 2 aliphatic heterocycles. The van der Waals surface area contributed by atoms with Gasteiger partial charge in [-0.05, 0) is 34.3 Å². The van der Waals surface area contributed by atoms with E-state index in [1.165, 1.54) is 16.2 Å². The first-order valence-electron chi connectivity index (χ1n) is 7.01. The minimum absolute atomic E-state index is 0.0150. The molecule has 0 saturated carbocycles. The quantitative estimate of drug-likeness (QED) is 0.605. The maximum absolute atomic E-state index is 5.45. The van der Waals surface area contributed by atoms with Crippen LogP contribution in [0.1, 0.15) is 0 Å². The maximum atomic E-state index is 5.45. The fourth-order valence-corrected chi connectivity index (χ4v) is 3.02. The molecule has 20 heavy (non-hydrogen) atoms. The van der Waals surface area contributed by atoms with Crippen molar-refractivity contribution in [1.82, 2.24) is 0 Å². The van der Waals surface area contributed by atoms with E-state index in [4.69, 9.17) is 19.4 Å².